The third-order valence-corrected chi connectivity index (χ3v) is 10.4. The van der Waals surface area contributed by atoms with Crippen molar-refractivity contribution in [2.45, 2.75) is 25.5 Å². The van der Waals surface area contributed by atoms with Gasteiger partial charge in [-0.25, -0.2) is 30.6 Å². The number of nitrogens with one attached hydrogen (secondary N) is 2. The number of anilines is 4. The molecule has 1 aliphatic heterocycles. The molecule has 0 saturated carbocycles. The third-order valence-electron chi connectivity index (χ3n) is 6.96. The van der Waals surface area contributed by atoms with Crippen molar-refractivity contribution in [3.05, 3.63) is 66.5 Å². The molecule has 2 aromatic heterocycles. The van der Waals surface area contributed by atoms with Crippen LogP contribution in [0, 0.1) is 11.6 Å². The van der Waals surface area contributed by atoms with Crippen LogP contribution in [0.15, 0.2) is 54.9 Å². The Kier molecular flexibility index (Phi) is 7.62. The van der Waals surface area contributed by atoms with Crippen LogP contribution in [0.3, 0.4) is 0 Å². The van der Waals surface area contributed by atoms with E-state index in [9.17, 15) is 21.2 Å². The number of rotatable bonds is 7. The standard InChI is InChI=1S/C27H31F2N7O4S2/c1-27(2,3)42(39,40)33-23-16-20(6-7-21(23)28)36-10-9-18-17-30-26(32-25(18)36)31-19-5-8-24(22(29)15-19)34-11-13-35(14-12-34)41(4,37)38/h5-10,15-17,33H,11-14H2,1-4H3,(H,30,31,32). The zero-order valence-electron chi connectivity index (χ0n) is 23.5. The first-order valence-corrected chi connectivity index (χ1v) is 16.4. The van der Waals surface area contributed by atoms with Crippen molar-refractivity contribution < 1.29 is 25.6 Å². The van der Waals surface area contributed by atoms with Crippen molar-refractivity contribution in [2.75, 3.05) is 47.4 Å². The molecule has 11 nitrogen and oxygen atoms in total. The summed E-state index contributed by atoms with van der Waals surface area (Å²) in [6.45, 7) is 5.86. The number of nitrogens with zero attached hydrogens (tertiary/aromatic N) is 5. The van der Waals surface area contributed by atoms with E-state index in [1.165, 1.54) is 49.3 Å². The molecule has 42 heavy (non-hydrogen) atoms. The summed E-state index contributed by atoms with van der Waals surface area (Å²) in [6, 6.07) is 10.4. The smallest absolute Gasteiger partial charge is 0.237 e. The molecule has 1 saturated heterocycles. The van der Waals surface area contributed by atoms with E-state index in [1.54, 1.807) is 40.1 Å². The van der Waals surface area contributed by atoms with E-state index in [4.69, 9.17) is 0 Å². The third kappa shape index (κ3) is 6.03. The van der Waals surface area contributed by atoms with Gasteiger partial charge in [0.15, 0.2) is 0 Å². The molecule has 1 fully saturated rings. The fourth-order valence-corrected chi connectivity index (χ4v) is 6.04. The number of aromatic nitrogens is 3. The highest BCUT2D eigenvalue weighted by atomic mass is 32.2. The van der Waals surface area contributed by atoms with Crippen molar-refractivity contribution >= 4 is 54.1 Å². The molecular weight excluding hydrogens is 588 g/mol. The molecule has 4 aromatic rings. The number of hydrogen-bond acceptors (Lipinski definition) is 8. The summed E-state index contributed by atoms with van der Waals surface area (Å²) in [6.07, 6.45) is 4.45. The van der Waals surface area contributed by atoms with Gasteiger partial charge in [0, 0.05) is 55.3 Å². The summed E-state index contributed by atoms with van der Waals surface area (Å²) in [5.74, 6) is -1.01. The molecule has 0 aliphatic carbocycles. The summed E-state index contributed by atoms with van der Waals surface area (Å²) in [5.41, 5.74) is 1.51. The van der Waals surface area contributed by atoms with E-state index in [0.717, 1.165) is 6.26 Å². The van der Waals surface area contributed by atoms with Gasteiger partial charge in [-0.05, 0) is 63.2 Å². The fourth-order valence-electron chi connectivity index (χ4n) is 4.46. The zero-order chi connectivity index (χ0) is 30.4. The fraction of sp³-hybridized carbons (Fsp3) is 0.333. The van der Waals surface area contributed by atoms with Crippen molar-refractivity contribution in [2.24, 2.45) is 0 Å². The number of hydrogen-bond donors (Lipinski definition) is 2. The molecule has 0 unspecified atom stereocenters. The minimum absolute atomic E-state index is 0.187. The summed E-state index contributed by atoms with van der Waals surface area (Å²) < 4.78 is 82.6. The largest absolute Gasteiger partial charge is 0.367 e. The Bertz CT molecular complexity index is 1870. The van der Waals surface area contributed by atoms with Gasteiger partial charge in [0.1, 0.15) is 17.3 Å². The van der Waals surface area contributed by atoms with Crippen LogP contribution in [0.5, 0.6) is 0 Å². The van der Waals surface area contributed by atoms with E-state index < -0.39 is 36.4 Å². The quantitative estimate of drug-likeness (QED) is 0.317. The summed E-state index contributed by atoms with van der Waals surface area (Å²) in [5, 5.41) is 3.67. The van der Waals surface area contributed by atoms with Crippen molar-refractivity contribution in [1.82, 2.24) is 18.8 Å². The highest BCUT2D eigenvalue weighted by Gasteiger charge is 2.30. The van der Waals surface area contributed by atoms with Crippen LogP contribution in [0.25, 0.3) is 16.7 Å². The van der Waals surface area contributed by atoms with Crippen LogP contribution in [0.4, 0.5) is 31.8 Å². The number of fused-ring (bicyclic) bond motifs is 1. The molecule has 3 heterocycles. The molecular formula is C27H31F2N7O4S2. The van der Waals surface area contributed by atoms with Crippen LogP contribution in [0.1, 0.15) is 20.8 Å². The van der Waals surface area contributed by atoms with Crippen LogP contribution in [-0.4, -0.2) is 72.9 Å². The van der Waals surface area contributed by atoms with E-state index >= 15 is 4.39 Å². The maximum absolute atomic E-state index is 15.1. The summed E-state index contributed by atoms with van der Waals surface area (Å²) in [4.78, 5) is 10.7. The average molecular weight is 620 g/mol. The highest BCUT2D eigenvalue weighted by Crippen LogP contribution is 2.28. The Labute approximate surface area is 243 Å². The lowest BCUT2D eigenvalue weighted by molar-refractivity contribution is 0.386. The zero-order valence-corrected chi connectivity index (χ0v) is 25.1. The topological polar surface area (TPSA) is 130 Å². The summed E-state index contributed by atoms with van der Waals surface area (Å²) in [7, 11) is -7.15. The van der Waals surface area contributed by atoms with E-state index in [2.05, 4.69) is 20.0 Å². The van der Waals surface area contributed by atoms with Crippen LogP contribution >= 0.6 is 0 Å². The molecule has 2 aromatic carbocycles. The molecule has 0 amide bonds. The van der Waals surface area contributed by atoms with Gasteiger partial charge >= 0.3 is 0 Å². The number of piperazine rings is 1. The molecule has 1 aliphatic rings. The second-order valence-corrected chi connectivity index (χ2v) is 15.4. The lowest BCUT2D eigenvalue weighted by Gasteiger charge is -2.34. The first kappa shape index (κ1) is 29.7. The maximum Gasteiger partial charge on any atom is 0.237 e. The minimum atomic E-state index is -3.86. The SMILES string of the molecule is CC(C)(C)S(=O)(=O)Nc1cc(-n2ccc3cnc(Nc4ccc(N5CCN(S(C)(=O)=O)CC5)c(F)c4)nc32)ccc1F. The molecule has 5 rings (SSSR count). The molecule has 0 radical (unpaired) electrons. The number of benzene rings is 2. The highest BCUT2D eigenvalue weighted by molar-refractivity contribution is 7.94. The lowest BCUT2D eigenvalue weighted by Crippen LogP contribution is -2.48. The van der Waals surface area contributed by atoms with Crippen LogP contribution < -0.4 is 14.9 Å². The van der Waals surface area contributed by atoms with Gasteiger partial charge < -0.3 is 14.8 Å². The number of sulfonamides is 2. The Morgan fingerprint density at radius 1 is 0.905 bits per heavy atom. The Morgan fingerprint density at radius 2 is 1.62 bits per heavy atom. The molecule has 15 heteroatoms. The number of halogens is 2. The van der Waals surface area contributed by atoms with Gasteiger partial charge in [-0.2, -0.15) is 9.29 Å². The second kappa shape index (κ2) is 10.8. The monoisotopic (exact) mass is 619 g/mol. The molecule has 0 bridgehead atoms. The Balaban J connectivity index is 1.37. The normalized spacial score (nSPS) is 15.2. The first-order chi connectivity index (χ1) is 19.6. The van der Waals surface area contributed by atoms with Gasteiger partial charge in [0.2, 0.25) is 26.0 Å². The molecule has 0 spiro atoms. The van der Waals surface area contributed by atoms with E-state index in [1.807, 2.05) is 0 Å². The molecule has 0 atom stereocenters. The van der Waals surface area contributed by atoms with Gasteiger partial charge in [-0.15, -0.1) is 0 Å². The van der Waals surface area contributed by atoms with Crippen LogP contribution in [-0.2, 0) is 20.0 Å². The van der Waals surface area contributed by atoms with E-state index in [0.29, 0.717) is 41.2 Å². The lowest BCUT2D eigenvalue weighted by atomic mass is 10.2. The van der Waals surface area contributed by atoms with Gasteiger partial charge in [0.05, 0.1) is 22.4 Å². The van der Waals surface area contributed by atoms with Crippen molar-refractivity contribution in [1.29, 1.82) is 0 Å². The predicted octanol–water partition coefficient (Wildman–Crippen LogP) is 4.06. The summed E-state index contributed by atoms with van der Waals surface area (Å²) >= 11 is 0. The van der Waals surface area contributed by atoms with E-state index in [-0.39, 0.29) is 24.7 Å². The maximum atomic E-state index is 15.1. The first-order valence-electron chi connectivity index (χ1n) is 13.1. The minimum Gasteiger partial charge on any atom is -0.367 e. The molecule has 224 valence electrons. The Morgan fingerprint density at radius 3 is 2.26 bits per heavy atom. The molecule has 2 N–H and O–H groups in total. The average Bonchev–Trinajstić information content (AvgIpc) is 3.32. The van der Waals surface area contributed by atoms with Gasteiger partial charge in [-0.1, -0.05) is 0 Å². The van der Waals surface area contributed by atoms with Gasteiger partial charge in [0.25, 0.3) is 0 Å². The van der Waals surface area contributed by atoms with Crippen LogP contribution in [0.2, 0.25) is 0 Å². The Hall–Kier alpha value is -3.82. The van der Waals surface area contributed by atoms with Gasteiger partial charge in [-0.3, -0.25) is 4.72 Å². The predicted molar refractivity (Wildman–Crippen MR) is 159 cm³/mol. The van der Waals surface area contributed by atoms with Crippen molar-refractivity contribution in [3.63, 3.8) is 0 Å². The second-order valence-electron chi connectivity index (χ2n) is 11.0. The van der Waals surface area contributed by atoms with Crippen molar-refractivity contribution in [3.8, 4) is 5.69 Å².